The molecule has 6 nitrogen and oxygen atoms in total. The fourth-order valence-corrected chi connectivity index (χ4v) is 2.74. The molecule has 0 fully saturated rings. The minimum atomic E-state index is 0. The van der Waals surface area contributed by atoms with Crippen molar-refractivity contribution in [2.75, 3.05) is 26.1 Å². The average Bonchev–Trinajstić information content (AvgIpc) is 3.05. The molecular weight excluding hydrogens is 443 g/mol. The van der Waals surface area contributed by atoms with Crippen molar-refractivity contribution in [3.8, 4) is 11.5 Å². The number of H-pyrrole nitrogens is 1. The van der Waals surface area contributed by atoms with E-state index >= 15 is 0 Å². The smallest absolute Gasteiger partial charge is 0.193 e. The lowest BCUT2D eigenvalue weighted by Gasteiger charge is -2.10. The second-order valence-corrected chi connectivity index (χ2v) is 5.57. The van der Waals surface area contributed by atoms with Gasteiger partial charge in [0.25, 0.3) is 0 Å². The van der Waals surface area contributed by atoms with Gasteiger partial charge in [-0.25, -0.2) is 0 Å². The van der Waals surface area contributed by atoms with Gasteiger partial charge in [0.2, 0.25) is 0 Å². The minimum Gasteiger partial charge on any atom is -0.493 e. The maximum absolute atomic E-state index is 5.98. The standard InChI is InChI=1S/C19H22N4O2.HI/c1-24-17-8-7-14(11-18(17)25-2)23-19(20)21-10-9-13-12-22-16-6-4-3-5-15(13)16;/h3-8,11-12,22H,9-10H2,1-2H3,(H3,20,21,23);1H. The maximum atomic E-state index is 5.98. The van der Waals surface area contributed by atoms with E-state index in [1.54, 1.807) is 14.2 Å². The van der Waals surface area contributed by atoms with Crippen LogP contribution in [0.15, 0.2) is 53.7 Å². The first-order valence-electron chi connectivity index (χ1n) is 8.05. The van der Waals surface area contributed by atoms with Crippen molar-refractivity contribution in [2.45, 2.75) is 6.42 Å². The van der Waals surface area contributed by atoms with Crippen LogP contribution in [-0.4, -0.2) is 31.7 Å². The van der Waals surface area contributed by atoms with E-state index in [4.69, 9.17) is 15.2 Å². The van der Waals surface area contributed by atoms with Crippen LogP contribution in [0.25, 0.3) is 10.9 Å². The van der Waals surface area contributed by atoms with Crippen LogP contribution in [0.5, 0.6) is 11.5 Å². The highest BCUT2D eigenvalue weighted by Gasteiger charge is 2.05. The number of hydrogen-bond donors (Lipinski definition) is 3. The van der Waals surface area contributed by atoms with Crippen LogP contribution in [0.3, 0.4) is 0 Å². The first kappa shape index (κ1) is 19.9. The van der Waals surface area contributed by atoms with Crippen LogP contribution >= 0.6 is 24.0 Å². The predicted molar refractivity (Wildman–Crippen MR) is 117 cm³/mol. The lowest BCUT2D eigenvalue weighted by molar-refractivity contribution is 0.355. The zero-order valence-electron chi connectivity index (χ0n) is 14.8. The second kappa shape index (κ2) is 9.33. The van der Waals surface area contributed by atoms with Gasteiger partial charge in [0.15, 0.2) is 17.5 Å². The monoisotopic (exact) mass is 466 g/mol. The number of hydrogen-bond acceptors (Lipinski definition) is 3. The predicted octanol–water partition coefficient (Wildman–Crippen LogP) is 3.77. The third kappa shape index (κ3) is 4.60. The van der Waals surface area contributed by atoms with E-state index < -0.39 is 0 Å². The van der Waals surface area contributed by atoms with E-state index in [0.29, 0.717) is 24.0 Å². The van der Waals surface area contributed by atoms with Crippen LogP contribution in [0.2, 0.25) is 0 Å². The molecule has 0 unspecified atom stereocenters. The topological polar surface area (TPSA) is 84.7 Å². The Morgan fingerprint density at radius 3 is 2.65 bits per heavy atom. The number of aromatic nitrogens is 1. The molecule has 3 aromatic rings. The largest absolute Gasteiger partial charge is 0.493 e. The van der Waals surface area contributed by atoms with Gasteiger partial charge < -0.3 is 25.5 Å². The molecule has 0 saturated carbocycles. The van der Waals surface area contributed by atoms with Gasteiger partial charge in [-0.05, 0) is 30.2 Å². The molecule has 26 heavy (non-hydrogen) atoms. The number of halogens is 1. The maximum Gasteiger partial charge on any atom is 0.193 e. The van der Waals surface area contributed by atoms with E-state index in [0.717, 1.165) is 17.6 Å². The molecule has 4 N–H and O–H groups in total. The van der Waals surface area contributed by atoms with E-state index in [2.05, 4.69) is 27.4 Å². The number of guanidine groups is 1. The van der Waals surface area contributed by atoms with Crippen molar-refractivity contribution in [3.63, 3.8) is 0 Å². The molecule has 0 radical (unpaired) electrons. The van der Waals surface area contributed by atoms with E-state index in [-0.39, 0.29) is 24.0 Å². The first-order chi connectivity index (χ1) is 12.2. The zero-order chi connectivity index (χ0) is 17.6. The Morgan fingerprint density at radius 2 is 1.88 bits per heavy atom. The van der Waals surface area contributed by atoms with E-state index in [1.807, 2.05) is 36.5 Å². The first-order valence-corrected chi connectivity index (χ1v) is 8.05. The van der Waals surface area contributed by atoms with Crippen LogP contribution in [0, 0.1) is 0 Å². The molecular formula is C19H23IN4O2. The van der Waals surface area contributed by atoms with Crippen LogP contribution < -0.4 is 20.5 Å². The molecule has 1 heterocycles. The number of nitrogens with two attached hydrogens (primary N) is 1. The SMILES string of the molecule is COc1ccc(NC(N)=NCCc2c[nH]c3ccccc23)cc1OC.I. The Bertz CT molecular complexity index is 892. The molecule has 1 aromatic heterocycles. The summed E-state index contributed by atoms with van der Waals surface area (Å²) >= 11 is 0. The number of methoxy groups -OCH3 is 2. The summed E-state index contributed by atoms with van der Waals surface area (Å²) in [6.07, 6.45) is 2.84. The van der Waals surface area contributed by atoms with Crippen molar-refractivity contribution in [3.05, 3.63) is 54.2 Å². The zero-order valence-corrected chi connectivity index (χ0v) is 17.1. The van der Waals surface area contributed by atoms with Crippen molar-refractivity contribution < 1.29 is 9.47 Å². The number of fused-ring (bicyclic) bond motifs is 1. The summed E-state index contributed by atoms with van der Waals surface area (Å²) in [5, 5.41) is 4.30. The Morgan fingerprint density at radius 1 is 1.12 bits per heavy atom. The van der Waals surface area contributed by atoms with Gasteiger partial charge in [-0.1, -0.05) is 18.2 Å². The molecule has 7 heteroatoms. The summed E-state index contributed by atoms with van der Waals surface area (Å²) in [5.41, 5.74) is 9.15. The molecule has 2 aromatic carbocycles. The quantitative estimate of drug-likeness (QED) is 0.294. The molecule has 0 bridgehead atoms. The summed E-state index contributed by atoms with van der Waals surface area (Å²) in [6, 6.07) is 13.7. The van der Waals surface area contributed by atoms with Gasteiger partial charge in [0.1, 0.15) is 0 Å². The van der Waals surface area contributed by atoms with Crippen molar-refractivity contribution >= 4 is 46.5 Å². The lowest BCUT2D eigenvalue weighted by atomic mass is 10.1. The molecule has 138 valence electrons. The van der Waals surface area contributed by atoms with Gasteiger partial charge in [0.05, 0.1) is 14.2 Å². The van der Waals surface area contributed by atoms with Gasteiger partial charge in [-0.2, -0.15) is 0 Å². The van der Waals surface area contributed by atoms with Crippen molar-refractivity contribution in [2.24, 2.45) is 10.7 Å². The number of nitrogens with one attached hydrogen (secondary N) is 2. The van der Waals surface area contributed by atoms with Gasteiger partial charge in [0, 0.05) is 35.4 Å². The normalized spacial score (nSPS) is 11.1. The number of anilines is 1. The molecule has 0 atom stereocenters. The summed E-state index contributed by atoms with van der Waals surface area (Å²) in [5.74, 6) is 1.68. The summed E-state index contributed by atoms with van der Waals surface area (Å²) in [6.45, 7) is 0.605. The number of aromatic amines is 1. The molecule has 0 aliphatic heterocycles. The van der Waals surface area contributed by atoms with E-state index in [1.165, 1.54) is 10.9 Å². The average molecular weight is 466 g/mol. The van der Waals surface area contributed by atoms with Gasteiger partial charge >= 0.3 is 0 Å². The molecule has 0 amide bonds. The second-order valence-electron chi connectivity index (χ2n) is 5.57. The minimum absolute atomic E-state index is 0. The Labute approximate surface area is 169 Å². The number of rotatable bonds is 6. The number of aliphatic imine (C=N–C) groups is 1. The summed E-state index contributed by atoms with van der Waals surface area (Å²) < 4.78 is 10.5. The summed E-state index contributed by atoms with van der Waals surface area (Å²) in [7, 11) is 3.20. The van der Waals surface area contributed by atoms with Crippen LogP contribution in [0.4, 0.5) is 5.69 Å². The molecule has 0 aliphatic rings. The molecule has 0 aliphatic carbocycles. The highest BCUT2D eigenvalue weighted by molar-refractivity contribution is 14.0. The lowest BCUT2D eigenvalue weighted by Crippen LogP contribution is -2.23. The highest BCUT2D eigenvalue weighted by Crippen LogP contribution is 2.29. The molecule has 3 rings (SSSR count). The van der Waals surface area contributed by atoms with Crippen molar-refractivity contribution in [1.82, 2.24) is 4.98 Å². The Hall–Kier alpha value is -2.42. The van der Waals surface area contributed by atoms with Crippen molar-refractivity contribution in [1.29, 1.82) is 0 Å². The van der Waals surface area contributed by atoms with Gasteiger partial charge in [-0.15, -0.1) is 24.0 Å². The highest BCUT2D eigenvalue weighted by atomic mass is 127. The summed E-state index contributed by atoms with van der Waals surface area (Å²) in [4.78, 5) is 7.67. The number of ether oxygens (including phenoxy) is 2. The van der Waals surface area contributed by atoms with Crippen LogP contribution in [-0.2, 0) is 6.42 Å². The third-order valence-electron chi connectivity index (χ3n) is 3.99. The number of nitrogens with zero attached hydrogens (tertiary/aromatic N) is 1. The molecule has 0 saturated heterocycles. The fourth-order valence-electron chi connectivity index (χ4n) is 2.74. The number of para-hydroxylation sites is 1. The Balaban J connectivity index is 0.00000243. The van der Waals surface area contributed by atoms with Crippen LogP contribution in [0.1, 0.15) is 5.56 Å². The fraction of sp³-hybridized carbons (Fsp3) is 0.211. The number of benzene rings is 2. The van der Waals surface area contributed by atoms with Gasteiger partial charge in [-0.3, -0.25) is 4.99 Å². The third-order valence-corrected chi connectivity index (χ3v) is 3.99. The Kier molecular flexibility index (Phi) is 7.14. The van der Waals surface area contributed by atoms with E-state index in [9.17, 15) is 0 Å². The molecule has 0 spiro atoms.